The van der Waals surface area contributed by atoms with Crippen molar-refractivity contribution in [2.24, 2.45) is 0 Å². The molecule has 0 spiro atoms. The molecule has 2 aromatic rings. The van der Waals surface area contributed by atoms with Crippen LogP contribution in [0, 0.1) is 6.92 Å². The van der Waals surface area contributed by atoms with E-state index in [4.69, 9.17) is 5.73 Å². The third-order valence-electron chi connectivity index (χ3n) is 3.26. The normalized spacial score (nSPS) is 10.3. The van der Waals surface area contributed by atoms with Crippen LogP contribution < -0.4 is 5.73 Å². The molecule has 0 aliphatic carbocycles. The van der Waals surface area contributed by atoms with Gasteiger partial charge in [0.1, 0.15) is 0 Å². The van der Waals surface area contributed by atoms with Crippen molar-refractivity contribution in [3.8, 4) is 0 Å². The van der Waals surface area contributed by atoms with Crippen LogP contribution in [0.4, 0.5) is 5.69 Å². The van der Waals surface area contributed by atoms with Crippen LogP contribution >= 0.6 is 0 Å². The molecule has 20 heavy (non-hydrogen) atoms. The van der Waals surface area contributed by atoms with Gasteiger partial charge in [-0.05, 0) is 49.7 Å². The molecule has 0 aliphatic heterocycles. The smallest absolute Gasteiger partial charge is 0.254 e. The highest BCUT2D eigenvalue weighted by molar-refractivity contribution is 5.94. The Balaban J connectivity index is 2.18. The van der Waals surface area contributed by atoms with Crippen molar-refractivity contribution in [2.45, 2.75) is 20.4 Å². The topological polar surface area (TPSA) is 59.2 Å². The largest absolute Gasteiger partial charge is 0.399 e. The van der Waals surface area contributed by atoms with Gasteiger partial charge in [0, 0.05) is 24.0 Å². The molecule has 0 aliphatic rings. The Kier molecular flexibility index (Phi) is 4.35. The number of hydrogen-bond acceptors (Lipinski definition) is 3. The minimum atomic E-state index is 0.00116. The number of carbonyl (C=O) groups excluding carboxylic acids is 1. The van der Waals surface area contributed by atoms with E-state index in [9.17, 15) is 4.79 Å². The van der Waals surface area contributed by atoms with Crippen molar-refractivity contribution >= 4 is 11.6 Å². The maximum Gasteiger partial charge on any atom is 0.254 e. The second-order valence-corrected chi connectivity index (χ2v) is 4.71. The zero-order chi connectivity index (χ0) is 14.5. The van der Waals surface area contributed by atoms with Crippen LogP contribution in [-0.2, 0) is 6.54 Å². The number of pyridine rings is 1. The van der Waals surface area contributed by atoms with E-state index in [1.807, 2.05) is 38.1 Å². The number of nitrogens with zero attached hydrogens (tertiary/aromatic N) is 2. The zero-order valence-corrected chi connectivity index (χ0v) is 11.8. The molecule has 0 saturated heterocycles. The molecule has 0 atom stereocenters. The first-order valence-electron chi connectivity index (χ1n) is 6.67. The Morgan fingerprint density at radius 2 is 2.10 bits per heavy atom. The van der Waals surface area contributed by atoms with E-state index in [0.29, 0.717) is 24.3 Å². The first kappa shape index (κ1) is 14.1. The van der Waals surface area contributed by atoms with E-state index in [1.54, 1.807) is 23.2 Å². The lowest BCUT2D eigenvalue weighted by molar-refractivity contribution is 0.0750. The highest BCUT2D eigenvalue weighted by atomic mass is 16.2. The number of aryl methyl sites for hydroxylation is 1. The predicted octanol–water partition coefficient (Wildman–Crippen LogP) is 2.63. The summed E-state index contributed by atoms with van der Waals surface area (Å²) in [5.41, 5.74) is 8.96. The van der Waals surface area contributed by atoms with Gasteiger partial charge in [0.25, 0.3) is 5.91 Å². The Hall–Kier alpha value is -2.36. The van der Waals surface area contributed by atoms with Crippen molar-refractivity contribution in [3.05, 3.63) is 59.4 Å². The molecule has 2 rings (SSSR count). The molecule has 104 valence electrons. The first-order chi connectivity index (χ1) is 9.61. The molecular weight excluding hydrogens is 250 g/mol. The Morgan fingerprint density at radius 1 is 1.30 bits per heavy atom. The minimum absolute atomic E-state index is 0.00116. The van der Waals surface area contributed by atoms with Crippen molar-refractivity contribution in [1.82, 2.24) is 9.88 Å². The summed E-state index contributed by atoms with van der Waals surface area (Å²) in [6.45, 7) is 5.02. The molecule has 1 aromatic heterocycles. The predicted molar refractivity (Wildman–Crippen MR) is 80.2 cm³/mol. The molecule has 1 amide bonds. The third kappa shape index (κ3) is 3.15. The fourth-order valence-corrected chi connectivity index (χ4v) is 2.01. The summed E-state index contributed by atoms with van der Waals surface area (Å²) in [5, 5.41) is 0. The lowest BCUT2D eigenvalue weighted by Gasteiger charge is -2.21. The van der Waals surface area contributed by atoms with Crippen molar-refractivity contribution in [1.29, 1.82) is 0 Å². The highest BCUT2D eigenvalue weighted by Crippen LogP contribution is 2.15. The third-order valence-corrected chi connectivity index (χ3v) is 3.26. The van der Waals surface area contributed by atoms with Gasteiger partial charge in [-0.3, -0.25) is 9.78 Å². The molecule has 1 aromatic carbocycles. The van der Waals surface area contributed by atoms with Crippen LogP contribution in [-0.4, -0.2) is 22.3 Å². The van der Waals surface area contributed by atoms with Gasteiger partial charge in [0.15, 0.2) is 0 Å². The van der Waals surface area contributed by atoms with Crippen molar-refractivity contribution < 1.29 is 4.79 Å². The number of aromatic nitrogens is 1. The molecular formula is C16H19N3O. The van der Waals surface area contributed by atoms with E-state index in [1.165, 1.54) is 0 Å². The summed E-state index contributed by atoms with van der Waals surface area (Å²) < 4.78 is 0. The fourth-order valence-electron chi connectivity index (χ4n) is 2.01. The molecule has 4 nitrogen and oxygen atoms in total. The second-order valence-electron chi connectivity index (χ2n) is 4.71. The highest BCUT2D eigenvalue weighted by Gasteiger charge is 2.15. The summed E-state index contributed by atoms with van der Waals surface area (Å²) in [6.07, 6.45) is 1.74. The zero-order valence-electron chi connectivity index (χ0n) is 11.8. The number of anilines is 1. The second kappa shape index (κ2) is 6.19. The lowest BCUT2D eigenvalue weighted by atomic mass is 10.1. The van der Waals surface area contributed by atoms with Gasteiger partial charge in [-0.25, -0.2) is 0 Å². The van der Waals surface area contributed by atoms with Crippen molar-refractivity contribution in [3.63, 3.8) is 0 Å². The number of amides is 1. The van der Waals surface area contributed by atoms with E-state index in [-0.39, 0.29) is 5.91 Å². The van der Waals surface area contributed by atoms with Crippen LogP contribution in [0.25, 0.3) is 0 Å². The maximum absolute atomic E-state index is 12.5. The molecule has 0 unspecified atom stereocenters. The Morgan fingerprint density at radius 3 is 2.70 bits per heavy atom. The monoisotopic (exact) mass is 269 g/mol. The van der Waals surface area contributed by atoms with Gasteiger partial charge >= 0.3 is 0 Å². The minimum Gasteiger partial charge on any atom is -0.399 e. The van der Waals surface area contributed by atoms with Gasteiger partial charge < -0.3 is 10.6 Å². The summed E-state index contributed by atoms with van der Waals surface area (Å²) in [6, 6.07) is 11.1. The van der Waals surface area contributed by atoms with Crippen LogP contribution in [0.5, 0.6) is 0 Å². The molecule has 1 heterocycles. The van der Waals surface area contributed by atoms with E-state index in [2.05, 4.69) is 4.98 Å². The van der Waals surface area contributed by atoms with E-state index < -0.39 is 0 Å². The molecule has 0 fully saturated rings. The average Bonchev–Trinajstić information content (AvgIpc) is 2.48. The fraction of sp³-hybridized carbons (Fsp3) is 0.250. The van der Waals surface area contributed by atoms with Crippen LogP contribution in [0.3, 0.4) is 0 Å². The standard InChI is InChI=1S/C16H19N3O/c1-3-19(11-14-6-4-5-9-18-14)16(20)13-7-8-15(17)12(2)10-13/h4-10H,3,11,17H2,1-2H3. The molecule has 0 saturated carbocycles. The molecule has 0 radical (unpaired) electrons. The van der Waals surface area contributed by atoms with Gasteiger partial charge in [0.2, 0.25) is 0 Å². The number of nitrogen functional groups attached to an aromatic ring is 1. The van der Waals surface area contributed by atoms with Gasteiger partial charge in [-0.2, -0.15) is 0 Å². The lowest BCUT2D eigenvalue weighted by Crippen LogP contribution is -2.30. The summed E-state index contributed by atoms with van der Waals surface area (Å²) >= 11 is 0. The molecule has 4 heteroatoms. The van der Waals surface area contributed by atoms with E-state index in [0.717, 1.165) is 11.3 Å². The summed E-state index contributed by atoms with van der Waals surface area (Å²) in [7, 11) is 0. The van der Waals surface area contributed by atoms with Crippen LogP contribution in [0.15, 0.2) is 42.6 Å². The SMILES string of the molecule is CCN(Cc1ccccn1)C(=O)c1ccc(N)c(C)c1. The summed E-state index contributed by atoms with van der Waals surface area (Å²) in [4.78, 5) is 18.5. The number of nitrogens with two attached hydrogens (primary N) is 1. The summed E-state index contributed by atoms with van der Waals surface area (Å²) in [5.74, 6) is 0.00116. The quantitative estimate of drug-likeness (QED) is 0.868. The van der Waals surface area contributed by atoms with Gasteiger partial charge in [0.05, 0.1) is 12.2 Å². The van der Waals surface area contributed by atoms with Crippen LogP contribution in [0.2, 0.25) is 0 Å². The first-order valence-corrected chi connectivity index (χ1v) is 6.67. The van der Waals surface area contributed by atoms with Crippen molar-refractivity contribution in [2.75, 3.05) is 12.3 Å². The van der Waals surface area contributed by atoms with Gasteiger partial charge in [-0.1, -0.05) is 6.07 Å². The average molecular weight is 269 g/mol. The molecule has 0 bridgehead atoms. The van der Waals surface area contributed by atoms with Crippen LogP contribution in [0.1, 0.15) is 28.5 Å². The van der Waals surface area contributed by atoms with E-state index >= 15 is 0 Å². The Labute approximate surface area is 119 Å². The number of carbonyl (C=O) groups is 1. The molecule has 2 N–H and O–H groups in total. The number of rotatable bonds is 4. The number of hydrogen-bond donors (Lipinski definition) is 1. The maximum atomic E-state index is 12.5. The Bertz CT molecular complexity index is 596. The van der Waals surface area contributed by atoms with Gasteiger partial charge in [-0.15, -0.1) is 0 Å². The number of benzene rings is 1.